The molecule has 0 aliphatic heterocycles. The van der Waals surface area contributed by atoms with Crippen molar-refractivity contribution in [2.75, 3.05) is 12.4 Å². The smallest absolute Gasteiger partial charge is 0.124 e. The number of nitrogens with one attached hydrogen (secondary N) is 1. The second-order valence-electron chi connectivity index (χ2n) is 4.51. The van der Waals surface area contributed by atoms with E-state index < -0.39 is 5.54 Å². The summed E-state index contributed by atoms with van der Waals surface area (Å²) in [7, 11) is 1.67. The zero-order valence-corrected chi connectivity index (χ0v) is 10.5. The Hall–Kier alpha value is -1.69. The van der Waals surface area contributed by atoms with Crippen LogP contribution in [0.3, 0.4) is 0 Å². The van der Waals surface area contributed by atoms with E-state index in [-0.39, 0.29) is 0 Å². The van der Waals surface area contributed by atoms with Gasteiger partial charge in [-0.15, -0.1) is 0 Å². The molecule has 0 bridgehead atoms. The van der Waals surface area contributed by atoms with Crippen molar-refractivity contribution in [2.24, 2.45) is 0 Å². The average molecular weight is 218 g/mol. The molecule has 0 saturated carbocycles. The van der Waals surface area contributed by atoms with Gasteiger partial charge < -0.3 is 10.1 Å². The summed E-state index contributed by atoms with van der Waals surface area (Å²) < 4.78 is 5.29. The molecule has 0 heterocycles. The Morgan fingerprint density at radius 2 is 1.75 bits per heavy atom. The largest absolute Gasteiger partial charge is 0.496 e. The molecule has 3 nitrogen and oxygen atoms in total. The van der Waals surface area contributed by atoms with Crippen molar-refractivity contribution in [3.05, 3.63) is 23.3 Å². The lowest BCUT2D eigenvalue weighted by molar-refractivity contribution is 0.408. The number of rotatable bonds is 3. The summed E-state index contributed by atoms with van der Waals surface area (Å²) in [5, 5.41) is 12.1. The van der Waals surface area contributed by atoms with E-state index in [4.69, 9.17) is 10.00 Å². The van der Waals surface area contributed by atoms with E-state index in [1.807, 2.05) is 39.8 Å². The van der Waals surface area contributed by atoms with E-state index in [1.54, 1.807) is 7.11 Å². The van der Waals surface area contributed by atoms with Gasteiger partial charge in [-0.25, -0.2) is 0 Å². The van der Waals surface area contributed by atoms with Gasteiger partial charge in [0.1, 0.15) is 11.3 Å². The normalized spacial score (nSPS) is 10.8. The van der Waals surface area contributed by atoms with Crippen molar-refractivity contribution < 1.29 is 4.74 Å². The minimum atomic E-state index is -0.562. The van der Waals surface area contributed by atoms with Crippen LogP contribution in [0.4, 0.5) is 5.69 Å². The summed E-state index contributed by atoms with van der Waals surface area (Å²) in [6.07, 6.45) is 0. The molecule has 0 radical (unpaired) electrons. The van der Waals surface area contributed by atoms with Crippen LogP contribution in [0, 0.1) is 25.2 Å². The Morgan fingerprint density at radius 1 is 1.25 bits per heavy atom. The first-order chi connectivity index (χ1) is 7.39. The molecule has 0 saturated heterocycles. The number of anilines is 1. The molecule has 1 aromatic rings. The summed E-state index contributed by atoms with van der Waals surface area (Å²) in [6.45, 7) is 7.69. The Morgan fingerprint density at radius 3 is 2.12 bits per heavy atom. The fourth-order valence-electron chi connectivity index (χ4n) is 1.73. The quantitative estimate of drug-likeness (QED) is 0.848. The zero-order chi connectivity index (χ0) is 12.3. The van der Waals surface area contributed by atoms with E-state index in [1.165, 1.54) is 0 Å². The van der Waals surface area contributed by atoms with Gasteiger partial charge in [0.2, 0.25) is 0 Å². The van der Waals surface area contributed by atoms with E-state index in [2.05, 4.69) is 11.4 Å². The highest BCUT2D eigenvalue weighted by Crippen LogP contribution is 2.28. The highest BCUT2D eigenvalue weighted by Gasteiger charge is 2.16. The molecular weight excluding hydrogens is 200 g/mol. The molecule has 1 rings (SSSR count). The molecule has 0 amide bonds. The third kappa shape index (κ3) is 2.66. The molecule has 0 aromatic heterocycles. The Balaban J connectivity index is 3.06. The number of benzene rings is 1. The second-order valence-corrected chi connectivity index (χ2v) is 4.51. The SMILES string of the molecule is COc1c(C)cc(NC(C)(C)C#N)cc1C. The third-order valence-corrected chi connectivity index (χ3v) is 2.40. The third-order valence-electron chi connectivity index (χ3n) is 2.40. The van der Waals surface area contributed by atoms with Gasteiger partial charge in [-0.3, -0.25) is 0 Å². The highest BCUT2D eigenvalue weighted by atomic mass is 16.5. The second kappa shape index (κ2) is 4.44. The van der Waals surface area contributed by atoms with Crippen molar-refractivity contribution in [1.29, 1.82) is 5.26 Å². The first-order valence-electron chi connectivity index (χ1n) is 5.24. The number of hydrogen-bond acceptors (Lipinski definition) is 3. The van der Waals surface area contributed by atoms with Gasteiger partial charge >= 0.3 is 0 Å². The number of ether oxygens (including phenoxy) is 1. The van der Waals surface area contributed by atoms with Gasteiger partial charge in [0.05, 0.1) is 13.2 Å². The molecule has 0 aliphatic rings. The van der Waals surface area contributed by atoms with Crippen LogP contribution in [0.15, 0.2) is 12.1 Å². The first kappa shape index (κ1) is 12.4. The van der Waals surface area contributed by atoms with E-state index in [9.17, 15) is 0 Å². The summed E-state index contributed by atoms with van der Waals surface area (Å²) in [5.74, 6) is 0.903. The zero-order valence-electron chi connectivity index (χ0n) is 10.5. The van der Waals surface area contributed by atoms with E-state index in [0.717, 1.165) is 22.6 Å². The molecule has 1 N–H and O–H groups in total. The van der Waals surface area contributed by atoms with Crippen molar-refractivity contribution >= 4 is 5.69 Å². The summed E-state index contributed by atoms with van der Waals surface area (Å²) in [6, 6.07) is 6.20. The Labute approximate surface area is 97.0 Å². The standard InChI is InChI=1S/C13H18N2O/c1-9-6-11(15-13(3,4)8-14)7-10(2)12(9)16-5/h6-7,15H,1-5H3. The molecule has 16 heavy (non-hydrogen) atoms. The number of hydrogen-bond donors (Lipinski definition) is 1. The maximum absolute atomic E-state index is 8.96. The number of aryl methyl sites for hydroxylation is 2. The van der Waals surface area contributed by atoms with Crippen LogP contribution in [0.25, 0.3) is 0 Å². The minimum Gasteiger partial charge on any atom is -0.496 e. The molecule has 0 aliphatic carbocycles. The van der Waals surface area contributed by atoms with Crippen molar-refractivity contribution in [1.82, 2.24) is 0 Å². The fourth-order valence-corrected chi connectivity index (χ4v) is 1.73. The fraction of sp³-hybridized carbons (Fsp3) is 0.462. The van der Waals surface area contributed by atoms with Crippen molar-refractivity contribution in [3.63, 3.8) is 0 Å². The molecule has 1 aromatic carbocycles. The number of methoxy groups -OCH3 is 1. The topological polar surface area (TPSA) is 45.0 Å². The van der Waals surface area contributed by atoms with Gasteiger partial charge in [-0.2, -0.15) is 5.26 Å². The van der Waals surface area contributed by atoms with E-state index >= 15 is 0 Å². The molecular formula is C13H18N2O. The van der Waals surface area contributed by atoms with Crippen LogP contribution in [-0.4, -0.2) is 12.6 Å². The Kier molecular flexibility index (Phi) is 3.44. The maximum atomic E-state index is 8.96. The number of nitriles is 1. The molecule has 0 spiro atoms. The van der Waals surface area contributed by atoms with Crippen LogP contribution in [0.2, 0.25) is 0 Å². The van der Waals surface area contributed by atoms with Crippen molar-refractivity contribution in [2.45, 2.75) is 33.2 Å². The maximum Gasteiger partial charge on any atom is 0.124 e. The predicted octanol–water partition coefficient (Wildman–Crippen LogP) is 3.03. The lowest BCUT2D eigenvalue weighted by Crippen LogP contribution is -2.28. The lowest BCUT2D eigenvalue weighted by atomic mass is 10.0. The van der Waals surface area contributed by atoms with Gasteiger partial charge in [0.25, 0.3) is 0 Å². The molecule has 86 valence electrons. The van der Waals surface area contributed by atoms with Crippen LogP contribution in [0.5, 0.6) is 5.75 Å². The minimum absolute atomic E-state index is 0.562. The lowest BCUT2D eigenvalue weighted by Gasteiger charge is -2.20. The van der Waals surface area contributed by atoms with Gasteiger partial charge in [0, 0.05) is 5.69 Å². The predicted molar refractivity (Wildman–Crippen MR) is 65.8 cm³/mol. The van der Waals surface area contributed by atoms with Gasteiger partial charge in [-0.05, 0) is 51.0 Å². The summed E-state index contributed by atoms with van der Waals surface area (Å²) in [5.41, 5.74) is 2.52. The molecule has 0 fully saturated rings. The summed E-state index contributed by atoms with van der Waals surface area (Å²) >= 11 is 0. The molecule has 0 atom stereocenters. The van der Waals surface area contributed by atoms with Crippen LogP contribution < -0.4 is 10.1 Å². The summed E-state index contributed by atoms with van der Waals surface area (Å²) in [4.78, 5) is 0. The van der Waals surface area contributed by atoms with Crippen LogP contribution in [-0.2, 0) is 0 Å². The van der Waals surface area contributed by atoms with Crippen LogP contribution in [0.1, 0.15) is 25.0 Å². The van der Waals surface area contributed by atoms with Crippen molar-refractivity contribution in [3.8, 4) is 11.8 Å². The number of nitrogens with zero attached hydrogens (tertiary/aromatic N) is 1. The average Bonchev–Trinajstić information content (AvgIpc) is 2.16. The van der Waals surface area contributed by atoms with E-state index in [0.29, 0.717) is 0 Å². The van der Waals surface area contributed by atoms with Gasteiger partial charge in [-0.1, -0.05) is 0 Å². The van der Waals surface area contributed by atoms with Crippen LogP contribution >= 0.6 is 0 Å². The Bertz CT molecular complexity index is 407. The first-order valence-corrected chi connectivity index (χ1v) is 5.24. The molecule has 3 heteroatoms. The highest BCUT2D eigenvalue weighted by molar-refractivity contribution is 5.56. The molecule has 0 unspecified atom stereocenters. The van der Waals surface area contributed by atoms with Gasteiger partial charge in [0.15, 0.2) is 0 Å². The monoisotopic (exact) mass is 218 g/mol.